The maximum atomic E-state index is 14.0. The molecule has 1 heterocycles. The molecule has 114 valence electrons. The molecule has 0 aromatic heterocycles. The van der Waals surface area contributed by atoms with Gasteiger partial charge in [0.1, 0.15) is 5.82 Å². The Bertz CT molecular complexity index is 751. The molecule has 1 amide bonds. The molecule has 0 saturated heterocycles. The van der Waals surface area contributed by atoms with Gasteiger partial charge in [-0.05, 0) is 42.3 Å². The number of rotatable bonds is 2. The molecule has 0 saturated carbocycles. The van der Waals surface area contributed by atoms with Gasteiger partial charge in [0.15, 0.2) is 0 Å². The molecule has 6 heteroatoms. The van der Waals surface area contributed by atoms with Gasteiger partial charge in [-0.15, -0.1) is 0 Å². The van der Waals surface area contributed by atoms with Gasteiger partial charge in [0.25, 0.3) is 0 Å². The first-order chi connectivity index (χ1) is 10.5. The lowest BCUT2D eigenvalue weighted by Crippen LogP contribution is -2.48. The summed E-state index contributed by atoms with van der Waals surface area (Å²) < 4.78 is 14.0. The van der Waals surface area contributed by atoms with Crippen LogP contribution in [-0.4, -0.2) is 11.9 Å². The maximum absolute atomic E-state index is 14.0. The van der Waals surface area contributed by atoms with Gasteiger partial charge in [-0.25, -0.2) is 4.39 Å². The third-order valence-electron chi connectivity index (χ3n) is 3.70. The Labute approximate surface area is 137 Å². The first-order valence-corrected chi connectivity index (χ1v) is 7.50. The zero-order valence-corrected chi connectivity index (χ0v) is 13.0. The van der Waals surface area contributed by atoms with Crippen LogP contribution in [-0.2, 0) is 17.8 Å². The summed E-state index contributed by atoms with van der Waals surface area (Å²) >= 11 is 11.9. The van der Waals surface area contributed by atoms with Crippen LogP contribution in [0.2, 0.25) is 10.0 Å². The number of hydrogen-bond donors (Lipinski definition) is 1. The number of halogens is 3. The zero-order chi connectivity index (χ0) is 15.9. The second-order valence-corrected chi connectivity index (χ2v) is 6.12. The SMILES string of the molecule is NC1Cc2ccc(Cl)cc2N(Cc2cc(Cl)ccc2F)C1=O. The van der Waals surface area contributed by atoms with Gasteiger partial charge in [0.05, 0.1) is 12.6 Å². The lowest BCUT2D eigenvalue weighted by molar-refractivity contribution is -0.120. The number of nitrogens with two attached hydrogens (primary N) is 1. The summed E-state index contributed by atoms with van der Waals surface area (Å²) in [5, 5.41) is 0.926. The number of anilines is 1. The standard InChI is InChI=1S/C16H13Cl2FN2O/c17-11-3-4-13(19)10(5-11)8-21-15-7-12(18)2-1-9(15)6-14(20)16(21)22/h1-5,7,14H,6,8,20H2. The Balaban J connectivity index is 2.03. The molecular weight excluding hydrogens is 326 g/mol. The van der Waals surface area contributed by atoms with Gasteiger partial charge in [0.2, 0.25) is 5.91 Å². The average Bonchev–Trinajstić information content (AvgIpc) is 2.48. The first kappa shape index (κ1) is 15.3. The van der Waals surface area contributed by atoms with E-state index in [-0.39, 0.29) is 12.5 Å². The van der Waals surface area contributed by atoms with Crippen molar-refractivity contribution in [2.45, 2.75) is 19.0 Å². The summed E-state index contributed by atoms with van der Waals surface area (Å²) in [4.78, 5) is 13.9. The largest absolute Gasteiger partial charge is 0.320 e. The molecule has 0 fully saturated rings. The monoisotopic (exact) mass is 338 g/mol. The van der Waals surface area contributed by atoms with E-state index in [0.29, 0.717) is 27.7 Å². The second-order valence-electron chi connectivity index (χ2n) is 5.24. The van der Waals surface area contributed by atoms with E-state index in [2.05, 4.69) is 0 Å². The van der Waals surface area contributed by atoms with Crippen molar-refractivity contribution in [2.24, 2.45) is 5.73 Å². The Morgan fingerprint density at radius 2 is 1.86 bits per heavy atom. The smallest absolute Gasteiger partial charge is 0.244 e. The Hall–Kier alpha value is -1.62. The molecule has 1 atom stereocenters. The van der Waals surface area contributed by atoms with Crippen molar-refractivity contribution in [1.29, 1.82) is 0 Å². The molecule has 1 aliphatic heterocycles. The molecule has 2 aromatic carbocycles. The minimum Gasteiger partial charge on any atom is -0.320 e. The summed E-state index contributed by atoms with van der Waals surface area (Å²) in [5.41, 5.74) is 7.81. The number of amides is 1. The Kier molecular flexibility index (Phi) is 4.08. The summed E-state index contributed by atoms with van der Waals surface area (Å²) in [6.07, 6.45) is 0.444. The lowest BCUT2D eigenvalue weighted by atomic mass is 9.97. The third-order valence-corrected chi connectivity index (χ3v) is 4.17. The zero-order valence-electron chi connectivity index (χ0n) is 11.5. The quantitative estimate of drug-likeness (QED) is 0.910. The second kappa shape index (κ2) is 5.88. The molecule has 2 N–H and O–H groups in total. The summed E-state index contributed by atoms with van der Waals surface area (Å²) in [6, 6.07) is 8.90. The molecule has 0 radical (unpaired) electrons. The van der Waals surface area contributed by atoms with E-state index < -0.39 is 11.9 Å². The number of benzene rings is 2. The fourth-order valence-electron chi connectivity index (χ4n) is 2.60. The third kappa shape index (κ3) is 2.82. The van der Waals surface area contributed by atoms with Crippen molar-refractivity contribution in [2.75, 3.05) is 4.90 Å². The van der Waals surface area contributed by atoms with Gasteiger partial charge in [-0.3, -0.25) is 4.79 Å². The molecule has 0 bridgehead atoms. The predicted octanol–water partition coefficient (Wildman–Crippen LogP) is 3.55. The van der Waals surface area contributed by atoms with Crippen molar-refractivity contribution < 1.29 is 9.18 Å². The number of fused-ring (bicyclic) bond motifs is 1. The van der Waals surface area contributed by atoms with E-state index in [0.717, 1.165) is 5.56 Å². The molecule has 1 unspecified atom stereocenters. The van der Waals surface area contributed by atoms with Crippen LogP contribution in [0.1, 0.15) is 11.1 Å². The van der Waals surface area contributed by atoms with Gasteiger partial charge < -0.3 is 10.6 Å². The van der Waals surface area contributed by atoms with Crippen molar-refractivity contribution in [3.63, 3.8) is 0 Å². The summed E-state index contributed by atoms with van der Waals surface area (Å²) in [6.45, 7) is 0.0618. The van der Waals surface area contributed by atoms with E-state index in [4.69, 9.17) is 28.9 Å². The van der Waals surface area contributed by atoms with Gasteiger partial charge in [-0.1, -0.05) is 29.3 Å². The molecule has 0 spiro atoms. The number of nitrogens with zero attached hydrogens (tertiary/aromatic N) is 1. The normalized spacial score (nSPS) is 17.5. The van der Waals surface area contributed by atoms with Crippen molar-refractivity contribution in [1.82, 2.24) is 0 Å². The van der Waals surface area contributed by atoms with Gasteiger partial charge in [-0.2, -0.15) is 0 Å². The highest BCUT2D eigenvalue weighted by atomic mass is 35.5. The fraction of sp³-hybridized carbons (Fsp3) is 0.188. The summed E-state index contributed by atoms with van der Waals surface area (Å²) in [7, 11) is 0. The van der Waals surface area contributed by atoms with Crippen LogP contribution < -0.4 is 10.6 Å². The Morgan fingerprint density at radius 1 is 1.18 bits per heavy atom. The molecule has 22 heavy (non-hydrogen) atoms. The number of hydrogen-bond acceptors (Lipinski definition) is 2. The highest BCUT2D eigenvalue weighted by Crippen LogP contribution is 2.32. The van der Waals surface area contributed by atoms with Crippen molar-refractivity contribution >= 4 is 34.8 Å². The lowest BCUT2D eigenvalue weighted by Gasteiger charge is -2.33. The van der Waals surface area contributed by atoms with Crippen LogP contribution in [0.5, 0.6) is 0 Å². The first-order valence-electron chi connectivity index (χ1n) is 6.75. The number of carbonyl (C=O) groups is 1. The van der Waals surface area contributed by atoms with Gasteiger partial charge in [0, 0.05) is 21.3 Å². The van der Waals surface area contributed by atoms with E-state index in [1.165, 1.54) is 23.1 Å². The van der Waals surface area contributed by atoms with Crippen molar-refractivity contribution in [3.05, 3.63) is 63.4 Å². The molecule has 0 aliphatic carbocycles. The minimum atomic E-state index is -0.643. The van der Waals surface area contributed by atoms with Crippen LogP contribution in [0, 0.1) is 5.82 Å². The molecule has 3 rings (SSSR count). The minimum absolute atomic E-state index is 0.0618. The average molecular weight is 339 g/mol. The highest BCUT2D eigenvalue weighted by molar-refractivity contribution is 6.31. The molecule has 3 nitrogen and oxygen atoms in total. The van der Waals surface area contributed by atoms with Crippen LogP contribution in [0.4, 0.5) is 10.1 Å². The van der Waals surface area contributed by atoms with Gasteiger partial charge >= 0.3 is 0 Å². The van der Waals surface area contributed by atoms with E-state index in [9.17, 15) is 9.18 Å². The fourth-order valence-corrected chi connectivity index (χ4v) is 2.96. The molecule has 1 aliphatic rings. The van der Waals surface area contributed by atoms with E-state index in [1.807, 2.05) is 6.07 Å². The van der Waals surface area contributed by atoms with Crippen LogP contribution in [0.25, 0.3) is 0 Å². The van der Waals surface area contributed by atoms with Crippen LogP contribution in [0.15, 0.2) is 36.4 Å². The van der Waals surface area contributed by atoms with E-state index in [1.54, 1.807) is 12.1 Å². The highest BCUT2D eigenvalue weighted by Gasteiger charge is 2.31. The molecule has 2 aromatic rings. The van der Waals surface area contributed by atoms with Crippen LogP contribution >= 0.6 is 23.2 Å². The maximum Gasteiger partial charge on any atom is 0.244 e. The topological polar surface area (TPSA) is 46.3 Å². The summed E-state index contributed by atoms with van der Waals surface area (Å²) in [5.74, 6) is -0.672. The van der Waals surface area contributed by atoms with Crippen LogP contribution in [0.3, 0.4) is 0 Å². The van der Waals surface area contributed by atoms with Crippen molar-refractivity contribution in [3.8, 4) is 0 Å². The predicted molar refractivity (Wildman–Crippen MR) is 85.7 cm³/mol. The Morgan fingerprint density at radius 3 is 2.64 bits per heavy atom. The van der Waals surface area contributed by atoms with E-state index >= 15 is 0 Å². The number of carbonyl (C=O) groups excluding carboxylic acids is 1. The molecular formula is C16H13Cl2FN2O.